The quantitative estimate of drug-likeness (QED) is 0.725. The average Bonchev–Trinajstić information content (AvgIpc) is 3.17. The number of hydrogen-bond donors (Lipinski definition) is 1. The van der Waals surface area contributed by atoms with Gasteiger partial charge in [-0.05, 0) is 23.8 Å². The van der Waals surface area contributed by atoms with Gasteiger partial charge in [0.15, 0.2) is 0 Å². The van der Waals surface area contributed by atoms with Gasteiger partial charge in [0.1, 0.15) is 11.5 Å². The molecule has 0 saturated carbocycles. The van der Waals surface area contributed by atoms with Crippen LogP contribution in [0.4, 0.5) is 0 Å². The Bertz CT molecular complexity index is 768. The summed E-state index contributed by atoms with van der Waals surface area (Å²) in [6, 6.07) is 14.3. The Balaban J connectivity index is 1.58. The van der Waals surface area contributed by atoms with Crippen LogP contribution in [0.15, 0.2) is 61.2 Å². The summed E-state index contributed by atoms with van der Waals surface area (Å²) >= 11 is 0. The summed E-state index contributed by atoms with van der Waals surface area (Å²) in [5.41, 5.74) is 3.44. The third kappa shape index (κ3) is 3.75. The zero-order valence-electron chi connectivity index (χ0n) is 13.9. The molecule has 0 amide bonds. The second-order valence-corrected chi connectivity index (χ2v) is 5.42. The predicted molar refractivity (Wildman–Crippen MR) is 93.7 cm³/mol. The van der Waals surface area contributed by atoms with Crippen molar-refractivity contribution in [2.24, 2.45) is 0 Å². The number of hydrogen-bond acceptors (Lipinski definition) is 4. The van der Waals surface area contributed by atoms with E-state index in [4.69, 9.17) is 9.47 Å². The van der Waals surface area contributed by atoms with Gasteiger partial charge >= 0.3 is 0 Å². The molecular formula is C19H21N3O2. The van der Waals surface area contributed by atoms with Gasteiger partial charge in [-0.1, -0.05) is 18.2 Å². The molecule has 24 heavy (non-hydrogen) atoms. The summed E-state index contributed by atoms with van der Waals surface area (Å²) in [5, 5.41) is 3.44. The van der Waals surface area contributed by atoms with Gasteiger partial charge in [0.05, 0.1) is 20.5 Å². The van der Waals surface area contributed by atoms with Crippen molar-refractivity contribution in [3.63, 3.8) is 0 Å². The molecule has 0 fully saturated rings. The van der Waals surface area contributed by atoms with Crippen LogP contribution in [0.5, 0.6) is 11.5 Å². The average molecular weight is 323 g/mol. The molecule has 2 aromatic carbocycles. The van der Waals surface area contributed by atoms with Crippen LogP contribution in [-0.2, 0) is 13.1 Å². The highest BCUT2D eigenvalue weighted by molar-refractivity contribution is 5.40. The lowest BCUT2D eigenvalue weighted by molar-refractivity contribution is 0.390. The van der Waals surface area contributed by atoms with Crippen molar-refractivity contribution in [2.75, 3.05) is 14.2 Å². The Kier molecular flexibility index (Phi) is 5.13. The molecule has 0 aliphatic heterocycles. The molecular weight excluding hydrogens is 302 g/mol. The maximum Gasteiger partial charge on any atom is 0.127 e. The molecule has 0 radical (unpaired) electrons. The molecule has 0 aliphatic rings. The third-order valence-corrected chi connectivity index (χ3v) is 3.88. The number of benzene rings is 2. The molecule has 5 heteroatoms. The maximum atomic E-state index is 5.42. The van der Waals surface area contributed by atoms with Crippen LogP contribution in [0.3, 0.4) is 0 Å². The van der Waals surface area contributed by atoms with Crippen molar-refractivity contribution in [3.8, 4) is 17.2 Å². The van der Waals surface area contributed by atoms with Crippen LogP contribution in [0.2, 0.25) is 0 Å². The van der Waals surface area contributed by atoms with E-state index < -0.39 is 0 Å². The van der Waals surface area contributed by atoms with Crippen LogP contribution < -0.4 is 14.8 Å². The second-order valence-electron chi connectivity index (χ2n) is 5.42. The van der Waals surface area contributed by atoms with Crippen LogP contribution in [-0.4, -0.2) is 23.8 Å². The van der Waals surface area contributed by atoms with E-state index in [1.54, 1.807) is 26.7 Å². The summed E-state index contributed by atoms with van der Waals surface area (Å²) < 4.78 is 12.6. The third-order valence-electron chi connectivity index (χ3n) is 3.88. The van der Waals surface area contributed by atoms with Crippen LogP contribution in [0, 0.1) is 0 Å². The molecule has 1 heterocycles. The number of imidazole rings is 1. The van der Waals surface area contributed by atoms with Gasteiger partial charge in [-0.2, -0.15) is 0 Å². The lowest BCUT2D eigenvalue weighted by atomic mass is 10.1. The Hall–Kier alpha value is -2.79. The molecule has 1 N–H and O–H groups in total. The number of nitrogens with zero attached hydrogens (tertiary/aromatic N) is 2. The SMILES string of the molecule is COc1ccc(CNCc2ccc(-n3ccnc3)cc2)c(OC)c1. The molecule has 124 valence electrons. The minimum absolute atomic E-state index is 0.733. The van der Waals surface area contributed by atoms with E-state index in [1.807, 2.05) is 29.0 Å². The lowest BCUT2D eigenvalue weighted by Gasteiger charge is -2.11. The molecule has 0 bridgehead atoms. The van der Waals surface area contributed by atoms with Crippen LogP contribution in [0.25, 0.3) is 5.69 Å². The van der Waals surface area contributed by atoms with E-state index in [-0.39, 0.29) is 0 Å². The number of methoxy groups -OCH3 is 2. The van der Waals surface area contributed by atoms with Crippen molar-refractivity contribution in [2.45, 2.75) is 13.1 Å². The van der Waals surface area contributed by atoms with E-state index in [0.717, 1.165) is 35.8 Å². The fourth-order valence-electron chi connectivity index (χ4n) is 2.54. The zero-order valence-corrected chi connectivity index (χ0v) is 13.9. The van der Waals surface area contributed by atoms with Crippen molar-refractivity contribution < 1.29 is 9.47 Å². The Labute approximate surface area is 141 Å². The standard InChI is InChI=1S/C19H21N3O2/c1-23-18-8-5-16(19(11-18)24-2)13-21-12-15-3-6-17(7-4-15)22-10-9-20-14-22/h3-11,14,21H,12-13H2,1-2H3. The first-order chi connectivity index (χ1) is 11.8. The van der Waals surface area contributed by atoms with Gasteiger partial charge in [0.2, 0.25) is 0 Å². The van der Waals surface area contributed by atoms with Gasteiger partial charge in [0, 0.05) is 42.8 Å². The summed E-state index contributed by atoms with van der Waals surface area (Å²) in [5.74, 6) is 1.63. The smallest absolute Gasteiger partial charge is 0.127 e. The topological polar surface area (TPSA) is 48.3 Å². The Morgan fingerprint density at radius 2 is 1.83 bits per heavy atom. The molecule has 0 unspecified atom stereocenters. The zero-order chi connectivity index (χ0) is 16.8. The van der Waals surface area contributed by atoms with E-state index in [2.05, 4.69) is 34.6 Å². The number of rotatable bonds is 7. The first kappa shape index (κ1) is 16.1. The molecule has 0 aliphatic carbocycles. The maximum absolute atomic E-state index is 5.42. The largest absolute Gasteiger partial charge is 0.497 e. The van der Waals surface area contributed by atoms with Gasteiger partial charge in [-0.3, -0.25) is 0 Å². The fourth-order valence-corrected chi connectivity index (χ4v) is 2.54. The Morgan fingerprint density at radius 1 is 1.00 bits per heavy atom. The lowest BCUT2D eigenvalue weighted by Crippen LogP contribution is -2.13. The Morgan fingerprint density at radius 3 is 2.50 bits per heavy atom. The highest BCUT2D eigenvalue weighted by Gasteiger charge is 2.05. The van der Waals surface area contributed by atoms with E-state index in [1.165, 1.54) is 5.56 Å². The summed E-state index contributed by atoms with van der Waals surface area (Å²) in [7, 11) is 3.33. The summed E-state index contributed by atoms with van der Waals surface area (Å²) in [4.78, 5) is 4.06. The van der Waals surface area contributed by atoms with Gasteiger partial charge < -0.3 is 19.4 Å². The summed E-state index contributed by atoms with van der Waals surface area (Å²) in [6.45, 7) is 1.52. The minimum Gasteiger partial charge on any atom is -0.497 e. The molecule has 5 nitrogen and oxygen atoms in total. The van der Waals surface area contributed by atoms with Crippen molar-refractivity contribution in [1.82, 2.24) is 14.9 Å². The second kappa shape index (κ2) is 7.66. The molecule has 0 saturated heterocycles. The highest BCUT2D eigenvalue weighted by Crippen LogP contribution is 2.24. The van der Waals surface area contributed by atoms with E-state index >= 15 is 0 Å². The molecule has 3 rings (SSSR count). The van der Waals surface area contributed by atoms with Gasteiger partial charge in [-0.15, -0.1) is 0 Å². The number of nitrogens with one attached hydrogen (secondary N) is 1. The first-order valence-electron chi connectivity index (χ1n) is 7.79. The van der Waals surface area contributed by atoms with Crippen molar-refractivity contribution >= 4 is 0 Å². The predicted octanol–water partition coefficient (Wildman–Crippen LogP) is 3.18. The van der Waals surface area contributed by atoms with E-state index in [0.29, 0.717) is 0 Å². The minimum atomic E-state index is 0.733. The molecule has 3 aromatic rings. The van der Waals surface area contributed by atoms with Crippen molar-refractivity contribution in [3.05, 3.63) is 72.3 Å². The first-order valence-corrected chi connectivity index (χ1v) is 7.79. The normalized spacial score (nSPS) is 10.6. The van der Waals surface area contributed by atoms with Crippen molar-refractivity contribution in [1.29, 1.82) is 0 Å². The van der Waals surface area contributed by atoms with Crippen LogP contribution in [0.1, 0.15) is 11.1 Å². The molecule has 1 aromatic heterocycles. The van der Waals surface area contributed by atoms with Gasteiger partial charge in [0.25, 0.3) is 0 Å². The summed E-state index contributed by atoms with van der Waals surface area (Å²) in [6.07, 6.45) is 5.50. The monoisotopic (exact) mass is 323 g/mol. The van der Waals surface area contributed by atoms with Crippen LogP contribution >= 0.6 is 0 Å². The van der Waals surface area contributed by atoms with Gasteiger partial charge in [-0.25, -0.2) is 4.98 Å². The molecule has 0 spiro atoms. The fraction of sp³-hybridized carbons (Fsp3) is 0.211. The number of ether oxygens (including phenoxy) is 2. The molecule has 0 atom stereocenters. The number of aromatic nitrogens is 2. The van der Waals surface area contributed by atoms with E-state index in [9.17, 15) is 0 Å². The highest BCUT2D eigenvalue weighted by atomic mass is 16.5.